The second-order valence-electron chi connectivity index (χ2n) is 12.3. The van der Waals surface area contributed by atoms with E-state index in [1.54, 1.807) is 11.3 Å². The van der Waals surface area contributed by atoms with Gasteiger partial charge in [0.1, 0.15) is 11.2 Å². The van der Waals surface area contributed by atoms with Gasteiger partial charge in [0.05, 0.1) is 38.9 Å². The Morgan fingerprint density at radius 2 is 1.69 bits per heavy atom. The van der Waals surface area contributed by atoms with Gasteiger partial charge in [0.2, 0.25) is 0 Å². The fraction of sp³-hybridized carbons (Fsp3) is 0.171. The third kappa shape index (κ3) is 5.15. The topological polar surface area (TPSA) is 71.8 Å². The molecule has 1 unspecified atom stereocenters. The monoisotopic (exact) mass is 642 g/mol. The number of benzene rings is 3. The maximum absolute atomic E-state index is 8.92. The molecule has 7 aromatic rings. The number of rotatable bonds is 9. The lowest BCUT2D eigenvalue weighted by molar-refractivity contribution is 0.292. The van der Waals surface area contributed by atoms with Gasteiger partial charge in [0.15, 0.2) is 0 Å². The van der Waals surface area contributed by atoms with Crippen LogP contribution in [0.15, 0.2) is 134 Å². The molecule has 1 atom stereocenters. The Kier molecular flexibility index (Phi) is 7.79. The molecule has 0 saturated heterocycles. The van der Waals surface area contributed by atoms with E-state index in [-0.39, 0.29) is 5.92 Å². The molecule has 8 rings (SSSR count). The van der Waals surface area contributed by atoms with E-state index in [0.717, 1.165) is 68.2 Å². The highest BCUT2D eigenvalue weighted by atomic mass is 32.1. The zero-order chi connectivity index (χ0) is 32.5. The molecule has 234 valence electrons. The lowest BCUT2D eigenvalue weighted by Gasteiger charge is -2.41. The number of aromatic nitrogens is 5. The summed E-state index contributed by atoms with van der Waals surface area (Å²) in [4.78, 5) is 9.56. The molecule has 0 aliphatic heterocycles. The highest BCUT2D eigenvalue weighted by molar-refractivity contribution is 7.18. The van der Waals surface area contributed by atoms with Crippen LogP contribution < -0.4 is 0 Å². The fourth-order valence-corrected chi connectivity index (χ4v) is 8.19. The van der Waals surface area contributed by atoms with Crippen LogP contribution in [0.25, 0.3) is 38.2 Å². The Balaban J connectivity index is 1.23. The fourth-order valence-electron chi connectivity index (χ4n) is 7.14. The van der Waals surface area contributed by atoms with Gasteiger partial charge in [-0.3, -0.25) is 9.08 Å². The van der Waals surface area contributed by atoms with E-state index in [9.17, 15) is 0 Å². The second kappa shape index (κ2) is 12.6. The van der Waals surface area contributed by atoms with Crippen molar-refractivity contribution >= 4 is 27.2 Å². The summed E-state index contributed by atoms with van der Waals surface area (Å²) in [5.74, 6) is 0.163. The molecule has 7 heteroatoms. The van der Waals surface area contributed by atoms with Crippen LogP contribution in [0.3, 0.4) is 0 Å². The maximum Gasteiger partial charge on any atom is 0.137 e. The van der Waals surface area contributed by atoms with Gasteiger partial charge in [-0.15, -0.1) is 11.3 Å². The van der Waals surface area contributed by atoms with Crippen LogP contribution in [0, 0.1) is 24.2 Å². The second-order valence-corrected chi connectivity index (χ2v) is 13.4. The number of fused-ring (bicyclic) bond motifs is 2. The first-order valence-corrected chi connectivity index (χ1v) is 17.2. The van der Waals surface area contributed by atoms with E-state index < -0.39 is 5.54 Å². The highest BCUT2D eigenvalue weighted by Gasteiger charge is 2.44. The van der Waals surface area contributed by atoms with Crippen LogP contribution in [-0.2, 0) is 12.0 Å². The average Bonchev–Trinajstić information content (AvgIpc) is 3.86. The smallest absolute Gasteiger partial charge is 0.137 e. The molecule has 0 saturated carbocycles. The number of thiazole rings is 1. The molecule has 0 bridgehead atoms. The van der Waals surface area contributed by atoms with Gasteiger partial charge in [-0.1, -0.05) is 91.0 Å². The van der Waals surface area contributed by atoms with Crippen LogP contribution >= 0.6 is 11.3 Å². The summed E-state index contributed by atoms with van der Waals surface area (Å²) in [5, 5.41) is 15.3. The van der Waals surface area contributed by atoms with Crippen molar-refractivity contribution in [2.75, 3.05) is 0 Å². The molecule has 4 heterocycles. The van der Waals surface area contributed by atoms with Gasteiger partial charge < -0.3 is 0 Å². The molecule has 6 nitrogen and oxygen atoms in total. The first-order valence-electron chi connectivity index (χ1n) is 16.4. The normalized spacial score (nSPS) is 14.5. The number of allylic oxidation sites excluding steroid dienone is 4. The summed E-state index contributed by atoms with van der Waals surface area (Å²) in [6.07, 6.45) is 18.4. The molecular weight excluding hydrogens is 609 g/mol. The molecule has 1 aliphatic carbocycles. The van der Waals surface area contributed by atoms with Gasteiger partial charge in [-0.25, -0.2) is 9.97 Å². The standard InChI is InChI=1S/C41H34N6S/c1-29-35(28-47(45-29)41(32-13-5-2-6-14-32,33-15-7-3-8-16-33)34-17-9-4-10-18-34)31-21-23-39-43-26-37(46(39)27-31)30-20-22-36-38(25-30)48-40(44-36)19-11-12-24-42/h2-10,13-17,20-23,25-28,34H,11-12,18-19H2,1H3. The first kappa shape index (κ1) is 29.8. The Morgan fingerprint density at radius 3 is 2.42 bits per heavy atom. The van der Waals surface area contributed by atoms with E-state index in [1.165, 1.54) is 11.1 Å². The Labute approximate surface area is 284 Å². The minimum absolute atomic E-state index is 0.163. The van der Waals surface area contributed by atoms with Gasteiger partial charge in [-0.05, 0) is 55.2 Å². The van der Waals surface area contributed by atoms with Crippen LogP contribution in [0.2, 0.25) is 0 Å². The van der Waals surface area contributed by atoms with Gasteiger partial charge >= 0.3 is 0 Å². The lowest BCUT2D eigenvalue weighted by atomic mass is 9.70. The largest absolute Gasteiger partial charge is 0.299 e. The average molecular weight is 643 g/mol. The van der Waals surface area contributed by atoms with Crippen LogP contribution in [0.4, 0.5) is 0 Å². The Hall–Kier alpha value is -5.58. The number of hydrogen-bond donors (Lipinski definition) is 0. The van der Waals surface area contributed by atoms with Crippen molar-refractivity contribution in [3.8, 4) is 28.5 Å². The van der Waals surface area contributed by atoms with Gasteiger partial charge in [0.25, 0.3) is 0 Å². The number of unbranched alkanes of at least 4 members (excludes halogenated alkanes) is 1. The predicted octanol–water partition coefficient (Wildman–Crippen LogP) is 9.55. The summed E-state index contributed by atoms with van der Waals surface area (Å²) in [7, 11) is 0. The number of imidazole rings is 1. The third-order valence-electron chi connectivity index (χ3n) is 9.43. The number of nitrogens with zero attached hydrogens (tertiary/aromatic N) is 6. The summed E-state index contributed by atoms with van der Waals surface area (Å²) < 4.78 is 5.53. The van der Waals surface area contributed by atoms with Crippen molar-refractivity contribution < 1.29 is 0 Å². The van der Waals surface area contributed by atoms with E-state index in [4.69, 9.17) is 20.3 Å². The van der Waals surface area contributed by atoms with Crippen molar-refractivity contribution in [3.63, 3.8) is 0 Å². The highest BCUT2D eigenvalue weighted by Crippen LogP contribution is 2.45. The zero-order valence-corrected chi connectivity index (χ0v) is 27.5. The van der Waals surface area contributed by atoms with Gasteiger partial charge in [-0.2, -0.15) is 10.4 Å². The van der Waals surface area contributed by atoms with Crippen LogP contribution in [-0.4, -0.2) is 24.1 Å². The minimum Gasteiger partial charge on any atom is -0.299 e. The number of aryl methyl sites for hydroxylation is 2. The lowest BCUT2D eigenvalue weighted by Crippen LogP contribution is -2.43. The SMILES string of the molecule is Cc1nn(C(c2ccccc2)(c2ccccc2)C2C=CC=CC2)cc1-c1ccc2ncc(-c3ccc4nc(CCCC#N)sc4c3)n2c1. The molecule has 0 fully saturated rings. The molecule has 0 amide bonds. The molecule has 0 spiro atoms. The molecule has 0 N–H and O–H groups in total. The van der Waals surface area contributed by atoms with E-state index in [0.29, 0.717) is 6.42 Å². The summed E-state index contributed by atoms with van der Waals surface area (Å²) in [6.45, 7) is 2.11. The number of nitriles is 1. The first-order chi connectivity index (χ1) is 23.6. The van der Waals surface area contributed by atoms with Crippen molar-refractivity contribution in [1.82, 2.24) is 24.1 Å². The molecule has 4 aromatic heterocycles. The number of hydrogen-bond acceptors (Lipinski definition) is 5. The molecule has 3 aromatic carbocycles. The van der Waals surface area contributed by atoms with Crippen molar-refractivity contribution in [2.45, 2.75) is 38.1 Å². The third-order valence-corrected chi connectivity index (χ3v) is 10.5. The summed E-state index contributed by atoms with van der Waals surface area (Å²) in [5.41, 5.74) is 9.01. The maximum atomic E-state index is 8.92. The minimum atomic E-state index is -0.547. The van der Waals surface area contributed by atoms with Gasteiger partial charge in [0, 0.05) is 47.8 Å². The van der Waals surface area contributed by atoms with Crippen molar-refractivity contribution in [3.05, 3.63) is 156 Å². The quantitative estimate of drug-likeness (QED) is 0.147. The Bertz CT molecular complexity index is 2300. The predicted molar refractivity (Wildman–Crippen MR) is 194 cm³/mol. The van der Waals surface area contributed by atoms with Crippen LogP contribution in [0.1, 0.15) is 41.1 Å². The number of pyridine rings is 1. The van der Waals surface area contributed by atoms with E-state index >= 15 is 0 Å². The van der Waals surface area contributed by atoms with E-state index in [1.807, 2.05) is 6.20 Å². The molecular formula is C41H34N6S. The van der Waals surface area contributed by atoms with Crippen molar-refractivity contribution in [1.29, 1.82) is 5.26 Å². The Morgan fingerprint density at radius 1 is 0.917 bits per heavy atom. The summed E-state index contributed by atoms with van der Waals surface area (Å²) >= 11 is 1.71. The van der Waals surface area contributed by atoms with Crippen molar-refractivity contribution in [2.24, 2.45) is 5.92 Å². The zero-order valence-electron chi connectivity index (χ0n) is 26.7. The van der Waals surface area contributed by atoms with E-state index in [2.05, 4.69) is 150 Å². The molecule has 0 radical (unpaired) electrons. The molecule has 1 aliphatic rings. The molecule has 48 heavy (non-hydrogen) atoms. The summed E-state index contributed by atoms with van der Waals surface area (Å²) in [6, 6.07) is 34.5. The van der Waals surface area contributed by atoms with Crippen LogP contribution in [0.5, 0.6) is 0 Å².